The molecule has 1 aliphatic heterocycles. The SMILES string of the molecule is COc1ccc(-c2nc3ccc(C4C=NNC(=O)C4C)cc3[nH]2)cc1.Cl. The van der Waals surface area contributed by atoms with Crippen LogP contribution >= 0.6 is 12.4 Å². The van der Waals surface area contributed by atoms with Gasteiger partial charge in [-0.25, -0.2) is 10.4 Å². The van der Waals surface area contributed by atoms with Crippen molar-refractivity contribution >= 4 is 35.6 Å². The fourth-order valence-corrected chi connectivity index (χ4v) is 3.07. The van der Waals surface area contributed by atoms with Crippen molar-refractivity contribution < 1.29 is 9.53 Å². The first-order valence-corrected chi connectivity index (χ1v) is 8.13. The summed E-state index contributed by atoms with van der Waals surface area (Å²) in [7, 11) is 1.65. The third-order valence-corrected chi connectivity index (χ3v) is 4.62. The highest BCUT2D eigenvalue weighted by molar-refractivity contribution is 5.89. The number of carbonyl (C=O) groups excluding carboxylic acids is 1. The lowest BCUT2D eigenvalue weighted by atomic mass is 9.87. The minimum absolute atomic E-state index is 0. The summed E-state index contributed by atoms with van der Waals surface area (Å²) < 4.78 is 5.19. The first-order valence-electron chi connectivity index (χ1n) is 8.13. The van der Waals surface area contributed by atoms with Crippen molar-refractivity contribution in [2.45, 2.75) is 12.8 Å². The van der Waals surface area contributed by atoms with Crippen LogP contribution in [0.1, 0.15) is 18.4 Å². The molecule has 0 bridgehead atoms. The molecular formula is C19H19ClN4O2. The van der Waals surface area contributed by atoms with E-state index in [9.17, 15) is 4.79 Å². The Kier molecular flexibility index (Phi) is 4.95. The van der Waals surface area contributed by atoms with Gasteiger partial charge in [-0.1, -0.05) is 13.0 Å². The lowest BCUT2D eigenvalue weighted by Crippen LogP contribution is -2.34. The number of amides is 1. The maximum absolute atomic E-state index is 11.8. The number of nitrogens with zero attached hydrogens (tertiary/aromatic N) is 2. The van der Waals surface area contributed by atoms with Crippen molar-refractivity contribution in [1.82, 2.24) is 15.4 Å². The number of benzene rings is 2. The van der Waals surface area contributed by atoms with Gasteiger partial charge in [-0.15, -0.1) is 12.4 Å². The molecule has 0 fully saturated rings. The molecule has 1 aromatic heterocycles. The third-order valence-electron chi connectivity index (χ3n) is 4.62. The zero-order valence-electron chi connectivity index (χ0n) is 14.4. The van der Waals surface area contributed by atoms with Crippen molar-refractivity contribution in [3.63, 3.8) is 0 Å². The van der Waals surface area contributed by atoms with Gasteiger partial charge in [0.1, 0.15) is 11.6 Å². The average molecular weight is 371 g/mol. The molecule has 134 valence electrons. The molecule has 0 saturated carbocycles. The minimum atomic E-state index is -0.154. The lowest BCUT2D eigenvalue weighted by Gasteiger charge is -2.22. The summed E-state index contributed by atoms with van der Waals surface area (Å²) in [4.78, 5) is 19.8. The Morgan fingerprint density at radius 3 is 2.62 bits per heavy atom. The Bertz CT molecular complexity index is 965. The Balaban J connectivity index is 0.00000196. The number of hydrogen-bond donors (Lipinski definition) is 2. The number of carbonyl (C=O) groups is 1. The van der Waals surface area contributed by atoms with E-state index in [1.807, 2.05) is 49.4 Å². The predicted octanol–water partition coefficient (Wildman–Crippen LogP) is 3.50. The molecule has 0 spiro atoms. The Morgan fingerprint density at radius 1 is 1.12 bits per heavy atom. The van der Waals surface area contributed by atoms with Gasteiger partial charge in [0.2, 0.25) is 5.91 Å². The number of halogens is 1. The van der Waals surface area contributed by atoms with Gasteiger partial charge in [-0.2, -0.15) is 5.10 Å². The van der Waals surface area contributed by atoms with E-state index < -0.39 is 0 Å². The second kappa shape index (κ2) is 7.17. The number of nitrogens with one attached hydrogen (secondary N) is 2. The van der Waals surface area contributed by atoms with Gasteiger partial charge < -0.3 is 9.72 Å². The normalized spacial score (nSPS) is 19.1. The van der Waals surface area contributed by atoms with Crippen LogP contribution in [0.3, 0.4) is 0 Å². The molecule has 6 nitrogen and oxygen atoms in total. The standard InChI is InChI=1S/C19H18N4O2.ClH/c1-11-15(10-20-23-19(11)24)13-5-8-16-17(9-13)22-18(21-16)12-3-6-14(25-2)7-4-12;/h3-11,15H,1-2H3,(H,21,22)(H,23,24);1H. The van der Waals surface area contributed by atoms with E-state index in [0.29, 0.717) is 0 Å². The summed E-state index contributed by atoms with van der Waals surface area (Å²) in [5.74, 6) is 1.37. The summed E-state index contributed by atoms with van der Waals surface area (Å²) >= 11 is 0. The van der Waals surface area contributed by atoms with E-state index in [-0.39, 0.29) is 30.2 Å². The van der Waals surface area contributed by atoms with E-state index >= 15 is 0 Å². The molecule has 7 heteroatoms. The number of H-pyrrole nitrogens is 1. The third kappa shape index (κ3) is 3.15. The van der Waals surface area contributed by atoms with E-state index in [4.69, 9.17) is 4.74 Å². The molecule has 0 aliphatic carbocycles. The first-order chi connectivity index (χ1) is 12.2. The van der Waals surface area contributed by atoms with Crippen LogP contribution in [-0.4, -0.2) is 29.2 Å². The summed E-state index contributed by atoms with van der Waals surface area (Å²) in [6, 6.07) is 13.8. The monoisotopic (exact) mass is 370 g/mol. The average Bonchev–Trinajstić information content (AvgIpc) is 3.07. The second-order valence-electron chi connectivity index (χ2n) is 6.16. The summed E-state index contributed by atoms with van der Waals surface area (Å²) in [5, 5.41) is 3.95. The van der Waals surface area contributed by atoms with Crippen molar-refractivity contribution in [2.75, 3.05) is 7.11 Å². The van der Waals surface area contributed by atoms with E-state index in [1.54, 1.807) is 13.3 Å². The molecular weight excluding hydrogens is 352 g/mol. The highest BCUT2D eigenvalue weighted by Crippen LogP contribution is 2.29. The smallest absolute Gasteiger partial charge is 0.243 e. The molecule has 26 heavy (non-hydrogen) atoms. The molecule has 4 rings (SSSR count). The highest BCUT2D eigenvalue weighted by Gasteiger charge is 2.27. The number of imidazole rings is 1. The summed E-state index contributed by atoms with van der Waals surface area (Å²) in [6.07, 6.45) is 1.79. The quantitative estimate of drug-likeness (QED) is 0.740. The Morgan fingerprint density at radius 2 is 1.88 bits per heavy atom. The second-order valence-corrected chi connectivity index (χ2v) is 6.16. The molecule has 2 aromatic carbocycles. The zero-order valence-corrected chi connectivity index (χ0v) is 15.2. The van der Waals surface area contributed by atoms with Gasteiger partial charge in [0.25, 0.3) is 0 Å². The number of aromatic nitrogens is 2. The number of ether oxygens (including phenoxy) is 1. The molecule has 1 amide bonds. The van der Waals surface area contributed by atoms with E-state index in [0.717, 1.165) is 33.7 Å². The fourth-order valence-electron chi connectivity index (χ4n) is 3.07. The first kappa shape index (κ1) is 17.9. The van der Waals surface area contributed by atoms with Gasteiger partial charge in [-0.3, -0.25) is 4.79 Å². The molecule has 1 aliphatic rings. The van der Waals surface area contributed by atoms with Gasteiger partial charge in [0.05, 0.1) is 18.1 Å². The molecule has 3 aromatic rings. The molecule has 0 saturated heterocycles. The van der Waals surface area contributed by atoms with Crippen molar-refractivity contribution in [2.24, 2.45) is 11.0 Å². The van der Waals surface area contributed by atoms with Crippen LogP contribution < -0.4 is 10.2 Å². The molecule has 2 heterocycles. The molecule has 2 N–H and O–H groups in total. The number of hydrazone groups is 1. The zero-order chi connectivity index (χ0) is 17.4. The topological polar surface area (TPSA) is 79.4 Å². The van der Waals surface area contributed by atoms with Crippen LogP contribution in [0.2, 0.25) is 0 Å². The lowest BCUT2D eigenvalue weighted by molar-refractivity contribution is -0.125. The maximum Gasteiger partial charge on any atom is 0.243 e. The Labute approximate surface area is 157 Å². The van der Waals surface area contributed by atoms with Crippen LogP contribution in [0.15, 0.2) is 47.6 Å². The predicted molar refractivity (Wildman–Crippen MR) is 104 cm³/mol. The fraction of sp³-hybridized carbons (Fsp3) is 0.211. The minimum Gasteiger partial charge on any atom is -0.497 e. The van der Waals surface area contributed by atoms with Crippen LogP contribution in [0.5, 0.6) is 5.75 Å². The van der Waals surface area contributed by atoms with Gasteiger partial charge in [-0.05, 0) is 42.0 Å². The maximum atomic E-state index is 11.8. The van der Waals surface area contributed by atoms with E-state index in [1.165, 1.54) is 0 Å². The van der Waals surface area contributed by atoms with E-state index in [2.05, 4.69) is 20.5 Å². The van der Waals surface area contributed by atoms with Gasteiger partial charge >= 0.3 is 0 Å². The van der Waals surface area contributed by atoms with Crippen molar-refractivity contribution in [3.8, 4) is 17.1 Å². The Hall–Kier alpha value is -2.86. The number of rotatable bonds is 3. The summed E-state index contributed by atoms with van der Waals surface area (Å²) in [6.45, 7) is 1.91. The van der Waals surface area contributed by atoms with Crippen LogP contribution in [0.4, 0.5) is 0 Å². The van der Waals surface area contributed by atoms with Crippen LogP contribution in [-0.2, 0) is 4.79 Å². The highest BCUT2D eigenvalue weighted by atomic mass is 35.5. The van der Waals surface area contributed by atoms with Crippen LogP contribution in [0.25, 0.3) is 22.4 Å². The number of hydrogen-bond acceptors (Lipinski definition) is 4. The largest absolute Gasteiger partial charge is 0.497 e. The molecule has 2 atom stereocenters. The molecule has 0 radical (unpaired) electrons. The number of methoxy groups -OCH3 is 1. The number of aromatic amines is 1. The van der Waals surface area contributed by atoms with Crippen molar-refractivity contribution in [3.05, 3.63) is 48.0 Å². The van der Waals surface area contributed by atoms with Crippen LogP contribution in [0, 0.1) is 5.92 Å². The van der Waals surface area contributed by atoms with Gasteiger partial charge in [0.15, 0.2) is 0 Å². The van der Waals surface area contributed by atoms with Gasteiger partial charge in [0, 0.05) is 23.6 Å². The summed E-state index contributed by atoms with van der Waals surface area (Å²) in [5.41, 5.74) is 6.37. The molecule has 2 unspecified atom stereocenters. The van der Waals surface area contributed by atoms with Crippen molar-refractivity contribution in [1.29, 1.82) is 0 Å². The number of fused-ring (bicyclic) bond motifs is 1.